The van der Waals surface area contributed by atoms with Crippen LogP contribution in [0.25, 0.3) is 6.08 Å². The number of benzene rings is 2. The zero-order valence-corrected chi connectivity index (χ0v) is 13.9. The molecule has 0 radical (unpaired) electrons. The summed E-state index contributed by atoms with van der Waals surface area (Å²) in [6, 6.07) is 13.9. The summed E-state index contributed by atoms with van der Waals surface area (Å²) < 4.78 is 6.13. The normalized spacial score (nSPS) is 12.1. The van der Waals surface area contributed by atoms with Gasteiger partial charge in [-0.05, 0) is 55.0 Å². The highest BCUT2D eigenvalue weighted by Gasteiger charge is 2.06. The molecule has 0 bridgehead atoms. The van der Waals surface area contributed by atoms with E-state index in [1.807, 2.05) is 24.3 Å². The minimum absolute atomic E-state index is 0.146. The SMILES string of the molecule is C[C@@H](Oc1ccc(C(=O)/C=C/c2ccc(Br)cc2)cc1)C(=O)[O-]. The number of hydrogen-bond acceptors (Lipinski definition) is 4. The molecule has 4 nitrogen and oxygen atoms in total. The monoisotopic (exact) mass is 373 g/mol. The molecule has 0 heterocycles. The Balaban J connectivity index is 2.02. The van der Waals surface area contributed by atoms with Gasteiger partial charge in [-0.2, -0.15) is 0 Å². The molecule has 0 aliphatic heterocycles. The van der Waals surface area contributed by atoms with Crippen molar-refractivity contribution in [2.24, 2.45) is 0 Å². The fourth-order valence-corrected chi connectivity index (χ4v) is 2.06. The largest absolute Gasteiger partial charge is 0.546 e. The molecular weight excluding hydrogens is 360 g/mol. The highest BCUT2D eigenvalue weighted by atomic mass is 79.9. The third-order valence-electron chi connectivity index (χ3n) is 3.08. The summed E-state index contributed by atoms with van der Waals surface area (Å²) in [5.74, 6) is -1.06. The van der Waals surface area contributed by atoms with E-state index in [1.54, 1.807) is 30.3 Å². The van der Waals surface area contributed by atoms with Gasteiger partial charge in [0.25, 0.3) is 0 Å². The minimum Gasteiger partial charge on any atom is -0.546 e. The lowest BCUT2D eigenvalue weighted by atomic mass is 10.1. The van der Waals surface area contributed by atoms with Crippen LogP contribution >= 0.6 is 15.9 Å². The summed E-state index contributed by atoms with van der Waals surface area (Å²) in [7, 11) is 0. The molecule has 0 fully saturated rings. The highest BCUT2D eigenvalue weighted by Crippen LogP contribution is 2.15. The maximum Gasteiger partial charge on any atom is 0.185 e. The van der Waals surface area contributed by atoms with E-state index in [0.29, 0.717) is 11.3 Å². The van der Waals surface area contributed by atoms with Gasteiger partial charge >= 0.3 is 0 Å². The maximum absolute atomic E-state index is 12.1. The van der Waals surface area contributed by atoms with Crippen molar-refractivity contribution >= 4 is 33.8 Å². The second-order valence-corrected chi connectivity index (χ2v) is 5.77. The molecule has 2 aromatic rings. The molecule has 0 aliphatic carbocycles. The lowest BCUT2D eigenvalue weighted by Crippen LogP contribution is -2.37. The molecular formula is C18H14BrO4-. The van der Waals surface area contributed by atoms with E-state index in [9.17, 15) is 14.7 Å². The zero-order valence-electron chi connectivity index (χ0n) is 12.4. The zero-order chi connectivity index (χ0) is 16.8. The number of halogens is 1. The lowest BCUT2D eigenvalue weighted by Gasteiger charge is -2.15. The van der Waals surface area contributed by atoms with E-state index in [2.05, 4.69) is 15.9 Å². The Morgan fingerprint density at radius 3 is 2.26 bits per heavy atom. The number of aliphatic carboxylic acids is 1. The minimum atomic E-state index is -1.29. The van der Waals surface area contributed by atoms with Crippen molar-refractivity contribution in [2.75, 3.05) is 0 Å². The van der Waals surface area contributed by atoms with Crippen LogP contribution in [0.15, 0.2) is 59.1 Å². The Bertz CT molecular complexity index is 718. The first-order valence-electron chi connectivity index (χ1n) is 6.91. The van der Waals surface area contributed by atoms with Crippen LogP contribution in [-0.2, 0) is 4.79 Å². The van der Waals surface area contributed by atoms with Crippen molar-refractivity contribution in [3.63, 3.8) is 0 Å². The van der Waals surface area contributed by atoms with Gasteiger partial charge in [-0.1, -0.05) is 34.1 Å². The summed E-state index contributed by atoms with van der Waals surface area (Å²) in [6.07, 6.45) is 2.18. The average molecular weight is 374 g/mol. The van der Waals surface area contributed by atoms with E-state index in [4.69, 9.17) is 4.74 Å². The van der Waals surface area contributed by atoms with Crippen molar-refractivity contribution < 1.29 is 19.4 Å². The van der Waals surface area contributed by atoms with Crippen molar-refractivity contribution in [3.05, 3.63) is 70.2 Å². The molecule has 0 aromatic heterocycles. The smallest absolute Gasteiger partial charge is 0.185 e. The highest BCUT2D eigenvalue weighted by molar-refractivity contribution is 9.10. The maximum atomic E-state index is 12.1. The Hall–Kier alpha value is -2.40. The molecule has 5 heteroatoms. The van der Waals surface area contributed by atoms with Crippen LogP contribution in [0.3, 0.4) is 0 Å². The number of carboxylic acid groups (broad SMARTS) is 1. The summed E-state index contributed by atoms with van der Waals surface area (Å²) >= 11 is 3.35. The van der Waals surface area contributed by atoms with Gasteiger partial charge in [-0.25, -0.2) is 0 Å². The van der Waals surface area contributed by atoms with Gasteiger partial charge in [0.05, 0.1) is 5.97 Å². The summed E-state index contributed by atoms with van der Waals surface area (Å²) in [5.41, 5.74) is 1.41. The van der Waals surface area contributed by atoms with Gasteiger partial charge < -0.3 is 14.6 Å². The first kappa shape index (κ1) is 17.0. The average Bonchev–Trinajstić information content (AvgIpc) is 2.54. The lowest BCUT2D eigenvalue weighted by molar-refractivity contribution is -0.312. The standard InChI is InChI=1S/C18H15BrO4/c1-12(18(21)22)23-16-9-5-14(6-10-16)17(20)11-4-13-2-7-15(19)8-3-13/h2-12H,1H3,(H,21,22)/p-1/b11-4+/t12-/m1/s1. The van der Waals surface area contributed by atoms with E-state index in [0.717, 1.165) is 10.0 Å². The molecule has 0 amide bonds. The molecule has 0 N–H and O–H groups in total. The summed E-state index contributed by atoms with van der Waals surface area (Å²) in [6.45, 7) is 1.38. The van der Waals surface area contributed by atoms with Gasteiger partial charge in [0.2, 0.25) is 0 Å². The van der Waals surface area contributed by atoms with Crippen LogP contribution < -0.4 is 9.84 Å². The first-order chi connectivity index (χ1) is 11.0. The van der Waals surface area contributed by atoms with Gasteiger partial charge in [-0.3, -0.25) is 4.79 Å². The van der Waals surface area contributed by atoms with Crippen LogP contribution in [0.1, 0.15) is 22.8 Å². The number of ether oxygens (including phenoxy) is 1. The Kier molecular flexibility index (Phi) is 5.71. The topological polar surface area (TPSA) is 66.4 Å². The molecule has 118 valence electrons. The van der Waals surface area contributed by atoms with E-state index >= 15 is 0 Å². The molecule has 2 rings (SSSR count). The van der Waals surface area contributed by atoms with E-state index < -0.39 is 12.1 Å². The van der Waals surface area contributed by atoms with Crippen LogP contribution in [0, 0.1) is 0 Å². The quantitative estimate of drug-likeness (QED) is 0.576. The van der Waals surface area contributed by atoms with E-state index in [-0.39, 0.29) is 5.78 Å². The molecule has 0 aliphatic rings. The molecule has 2 aromatic carbocycles. The fourth-order valence-electron chi connectivity index (χ4n) is 1.79. The number of ketones is 1. The summed E-state index contributed by atoms with van der Waals surface area (Å²) in [4.78, 5) is 22.7. The molecule has 1 atom stereocenters. The number of carboxylic acids is 1. The van der Waals surface area contributed by atoms with Crippen LogP contribution in [0.2, 0.25) is 0 Å². The van der Waals surface area contributed by atoms with Crippen LogP contribution in [0.5, 0.6) is 5.75 Å². The second kappa shape index (κ2) is 7.74. The van der Waals surface area contributed by atoms with Gasteiger partial charge in [0, 0.05) is 10.0 Å². The van der Waals surface area contributed by atoms with E-state index in [1.165, 1.54) is 13.0 Å². The predicted molar refractivity (Wildman–Crippen MR) is 89.0 cm³/mol. The first-order valence-corrected chi connectivity index (χ1v) is 7.70. The predicted octanol–water partition coefficient (Wildman–Crippen LogP) is 2.86. The van der Waals surface area contributed by atoms with Crippen molar-refractivity contribution in [1.82, 2.24) is 0 Å². The number of rotatable bonds is 6. The van der Waals surface area contributed by atoms with Crippen molar-refractivity contribution in [2.45, 2.75) is 13.0 Å². The Labute approximate surface area is 142 Å². The second-order valence-electron chi connectivity index (χ2n) is 4.85. The van der Waals surface area contributed by atoms with Crippen LogP contribution in [-0.4, -0.2) is 17.9 Å². The third-order valence-corrected chi connectivity index (χ3v) is 3.61. The third kappa shape index (κ3) is 5.07. The Morgan fingerprint density at radius 1 is 1.09 bits per heavy atom. The molecule has 0 spiro atoms. The fraction of sp³-hybridized carbons (Fsp3) is 0.111. The number of allylic oxidation sites excluding steroid dienone is 1. The number of hydrogen-bond donors (Lipinski definition) is 0. The molecule has 0 saturated heterocycles. The van der Waals surface area contributed by atoms with Crippen molar-refractivity contribution in [3.8, 4) is 5.75 Å². The number of carbonyl (C=O) groups is 2. The molecule has 23 heavy (non-hydrogen) atoms. The number of carbonyl (C=O) groups excluding carboxylic acids is 2. The van der Waals surface area contributed by atoms with Gasteiger partial charge in [-0.15, -0.1) is 0 Å². The van der Waals surface area contributed by atoms with Crippen molar-refractivity contribution in [1.29, 1.82) is 0 Å². The molecule has 0 saturated carbocycles. The molecule has 0 unspecified atom stereocenters. The van der Waals surface area contributed by atoms with Gasteiger partial charge in [0.1, 0.15) is 11.9 Å². The van der Waals surface area contributed by atoms with Crippen LogP contribution in [0.4, 0.5) is 0 Å². The Morgan fingerprint density at radius 2 is 1.70 bits per heavy atom. The summed E-state index contributed by atoms with van der Waals surface area (Å²) in [5, 5.41) is 10.6. The van der Waals surface area contributed by atoms with Gasteiger partial charge in [0.15, 0.2) is 5.78 Å².